The van der Waals surface area contributed by atoms with E-state index in [1.54, 1.807) is 29.3 Å². The number of nitrogens with zero attached hydrogens (tertiary/aromatic N) is 5. The van der Waals surface area contributed by atoms with Gasteiger partial charge in [0.05, 0.1) is 11.4 Å². The second-order valence-electron chi connectivity index (χ2n) is 7.08. The average Bonchev–Trinajstić information content (AvgIpc) is 3.26. The quantitative estimate of drug-likeness (QED) is 0.425. The zero-order valence-electron chi connectivity index (χ0n) is 17.2. The molecule has 3 heterocycles. The van der Waals surface area contributed by atoms with Crippen molar-refractivity contribution in [1.82, 2.24) is 20.3 Å². The van der Waals surface area contributed by atoms with Gasteiger partial charge in [-0.15, -0.1) is 0 Å². The molecule has 9 heteroatoms. The molecule has 0 unspecified atom stereocenters. The first kappa shape index (κ1) is 20.3. The van der Waals surface area contributed by atoms with Crippen LogP contribution < -0.4 is 16.0 Å². The van der Waals surface area contributed by atoms with Gasteiger partial charge in [-0.05, 0) is 53.1 Å². The normalized spacial score (nSPS) is 10.9. The summed E-state index contributed by atoms with van der Waals surface area (Å²) in [6.45, 7) is 2.60. The number of pyridine rings is 2. The average molecular weight is 417 g/mol. The largest absolute Gasteiger partial charge is 0.396 e. The summed E-state index contributed by atoms with van der Waals surface area (Å²) in [5.74, 6) is 0.868. The third kappa shape index (κ3) is 4.61. The van der Waals surface area contributed by atoms with Crippen molar-refractivity contribution < 1.29 is 9.42 Å². The van der Waals surface area contributed by atoms with Crippen molar-refractivity contribution in [2.75, 3.05) is 22.5 Å². The number of carbonyl (C=O) groups excluding carboxylic acids is 1. The molecule has 0 aliphatic carbocycles. The highest BCUT2D eigenvalue weighted by atomic mass is 16.6. The molecule has 9 nitrogen and oxygen atoms in total. The number of aromatic nitrogens is 4. The summed E-state index contributed by atoms with van der Waals surface area (Å²) in [5.41, 5.74) is 9.44. The zero-order chi connectivity index (χ0) is 21.6. The first-order valence-corrected chi connectivity index (χ1v) is 10.1. The molecule has 3 N–H and O–H groups in total. The number of hydrogen-bond acceptors (Lipinski definition) is 7. The summed E-state index contributed by atoms with van der Waals surface area (Å²) >= 11 is 0. The number of hydrogen-bond donors (Lipinski definition) is 2. The van der Waals surface area contributed by atoms with Crippen LogP contribution in [0.1, 0.15) is 26.2 Å². The minimum atomic E-state index is -0.331. The van der Waals surface area contributed by atoms with Gasteiger partial charge in [-0.2, -0.15) is 0 Å². The number of nitrogens with two attached hydrogens (primary N) is 1. The van der Waals surface area contributed by atoms with Gasteiger partial charge < -0.3 is 5.73 Å². The van der Waals surface area contributed by atoms with Gasteiger partial charge in [-0.3, -0.25) is 10.2 Å². The van der Waals surface area contributed by atoms with Gasteiger partial charge >= 0.3 is 6.03 Å². The van der Waals surface area contributed by atoms with Crippen molar-refractivity contribution >= 4 is 34.4 Å². The van der Waals surface area contributed by atoms with E-state index in [9.17, 15) is 4.79 Å². The minimum Gasteiger partial charge on any atom is -0.396 e. The molecule has 3 aromatic heterocycles. The molecule has 4 aromatic rings. The molecule has 0 saturated carbocycles. The smallest absolute Gasteiger partial charge is 0.328 e. The van der Waals surface area contributed by atoms with E-state index in [0.29, 0.717) is 40.6 Å². The fraction of sp³-hybridized carbons (Fsp3) is 0.227. The third-order valence-corrected chi connectivity index (χ3v) is 4.84. The highest BCUT2D eigenvalue weighted by Crippen LogP contribution is 2.28. The van der Waals surface area contributed by atoms with Crippen LogP contribution in [-0.4, -0.2) is 32.9 Å². The van der Waals surface area contributed by atoms with Crippen LogP contribution in [0.4, 0.5) is 22.1 Å². The maximum absolute atomic E-state index is 13.1. The lowest BCUT2D eigenvalue weighted by Crippen LogP contribution is -2.37. The van der Waals surface area contributed by atoms with E-state index in [2.05, 4.69) is 27.5 Å². The van der Waals surface area contributed by atoms with Gasteiger partial charge in [0, 0.05) is 18.3 Å². The Labute approximate surface area is 179 Å². The van der Waals surface area contributed by atoms with Crippen molar-refractivity contribution in [2.24, 2.45) is 0 Å². The lowest BCUT2D eigenvalue weighted by atomic mass is 10.1. The number of unbranched alkanes of at least 4 members (excludes halogenated alkanes) is 2. The lowest BCUT2D eigenvalue weighted by molar-refractivity contribution is 0.256. The van der Waals surface area contributed by atoms with Crippen LogP contribution in [0.3, 0.4) is 0 Å². The summed E-state index contributed by atoms with van der Waals surface area (Å²) in [6, 6.07) is 14.1. The highest BCUT2D eigenvalue weighted by Gasteiger charge is 2.21. The van der Waals surface area contributed by atoms with Crippen LogP contribution in [-0.2, 0) is 0 Å². The molecule has 0 atom stereocenters. The van der Waals surface area contributed by atoms with Crippen molar-refractivity contribution in [2.45, 2.75) is 26.2 Å². The molecular weight excluding hydrogens is 394 g/mol. The van der Waals surface area contributed by atoms with E-state index < -0.39 is 0 Å². The third-order valence-electron chi connectivity index (χ3n) is 4.84. The molecule has 158 valence electrons. The van der Waals surface area contributed by atoms with Gasteiger partial charge in [0.1, 0.15) is 16.9 Å². The maximum atomic E-state index is 13.1. The second kappa shape index (κ2) is 9.21. The number of rotatable bonds is 7. The number of nitrogen functional groups attached to an aromatic ring is 1. The minimum absolute atomic E-state index is 0.331. The SMILES string of the molecule is CCCCCN(C(=O)Nc1ccccn1)c1nc(-c2ccc3nonc3c2)ccc1N. The number of urea groups is 1. The predicted molar refractivity (Wildman–Crippen MR) is 120 cm³/mol. The molecule has 31 heavy (non-hydrogen) atoms. The van der Waals surface area contributed by atoms with E-state index in [0.717, 1.165) is 24.8 Å². The molecule has 0 fully saturated rings. The molecule has 0 aliphatic heterocycles. The molecule has 0 bridgehead atoms. The molecule has 0 spiro atoms. The first-order chi connectivity index (χ1) is 15.2. The van der Waals surface area contributed by atoms with Gasteiger partial charge in [0.2, 0.25) is 0 Å². The van der Waals surface area contributed by atoms with Crippen LogP contribution in [0.25, 0.3) is 22.3 Å². The Hall–Kier alpha value is -4.01. The van der Waals surface area contributed by atoms with Crippen LogP contribution >= 0.6 is 0 Å². The monoisotopic (exact) mass is 417 g/mol. The van der Waals surface area contributed by atoms with Crippen molar-refractivity contribution in [3.63, 3.8) is 0 Å². The number of anilines is 3. The molecule has 1 aromatic carbocycles. The predicted octanol–water partition coefficient (Wildman–Crippen LogP) is 4.49. The van der Waals surface area contributed by atoms with Crippen LogP contribution in [0.5, 0.6) is 0 Å². The standard InChI is InChI=1S/C22H23N7O2/c1-2-3-6-13-29(22(30)26-20-7-4-5-12-24-20)21-16(23)9-11-17(25-21)15-8-10-18-19(14-15)28-31-27-18/h4-5,7-12,14H,2-3,6,13,23H2,1H3,(H,24,26,30). The second-order valence-corrected chi connectivity index (χ2v) is 7.08. The Bertz CT molecular complexity index is 1180. The first-order valence-electron chi connectivity index (χ1n) is 10.1. The van der Waals surface area contributed by atoms with Gasteiger partial charge in [0.15, 0.2) is 5.82 Å². The van der Waals surface area contributed by atoms with Crippen molar-refractivity contribution in [1.29, 1.82) is 0 Å². The van der Waals surface area contributed by atoms with Crippen LogP contribution in [0, 0.1) is 0 Å². The summed E-state index contributed by atoms with van der Waals surface area (Å²) in [4.78, 5) is 23.6. The van der Waals surface area contributed by atoms with Crippen LogP contribution in [0.2, 0.25) is 0 Å². The van der Waals surface area contributed by atoms with Gasteiger partial charge in [0.25, 0.3) is 0 Å². The fourth-order valence-corrected chi connectivity index (χ4v) is 3.21. The van der Waals surface area contributed by atoms with E-state index in [4.69, 9.17) is 15.3 Å². The number of nitrogens with one attached hydrogen (secondary N) is 1. The van der Waals surface area contributed by atoms with Gasteiger partial charge in [-0.1, -0.05) is 31.9 Å². The molecular formula is C22H23N7O2. The summed E-state index contributed by atoms with van der Waals surface area (Å²) in [7, 11) is 0. The van der Waals surface area contributed by atoms with Gasteiger partial charge in [-0.25, -0.2) is 19.4 Å². The number of amides is 2. The number of benzene rings is 1. The molecule has 0 saturated heterocycles. The lowest BCUT2D eigenvalue weighted by Gasteiger charge is -2.24. The van der Waals surface area contributed by atoms with E-state index in [1.165, 1.54) is 0 Å². The Kier molecular flexibility index (Phi) is 6.02. The highest BCUT2D eigenvalue weighted by molar-refractivity contribution is 6.02. The molecule has 2 amide bonds. The summed E-state index contributed by atoms with van der Waals surface area (Å²) in [5, 5.41) is 10.5. The maximum Gasteiger partial charge on any atom is 0.328 e. The van der Waals surface area contributed by atoms with E-state index in [-0.39, 0.29) is 6.03 Å². The molecule has 0 radical (unpaired) electrons. The Morgan fingerprint density at radius 2 is 1.97 bits per heavy atom. The molecule has 4 rings (SSSR count). The van der Waals surface area contributed by atoms with E-state index in [1.807, 2.05) is 30.3 Å². The van der Waals surface area contributed by atoms with Crippen LogP contribution in [0.15, 0.2) is 59.4 Å². The summed E-state index contributed by atoms with van der Waals surface area (Å²) in [6.07, 6.45) is 4.47. The number of carbonyl (C=O) groups is 1. The molecule has 0 aliphatic rings. The van der Waals surface area contributed by atoms with Crippen molar-refractivity contribution in [3.05, 3.63) is 54.7 Å². The van der Waals surface area contributed by atoms with E-state index >= 15 is 0 Å². The fourth-order valence-electron chi connectivity index (χ4n) is 3.21. The summed E-state index contributed by atoms with van der Waals surface area (Å²) < 4.78 is 4.77. The zero-order valence-corrected chi connectivity index (χ0v) is 17.2. The Balaban J connectivity index is 1.67. The topological polar surface area (TPSA) is 123 Å². The Morgan fingerprint density at radius 3 is 2.77 bits per heavy atom. The number of fused-ring (bicyclic) bond motifs is 1. The van der Waals surface area contributed by atoms with Crippen molar-refractivity contribution in [3.8, 4) is 11.3 Å². The Morgan fingerprint density at radius 1 is 1.10 bits per heavy atom.